The van der Waals surface area contributed by atoms with E-state index in [-0.39, 0.29) is 35.5 Å². The number of nitrogens with one attached hydrogen (secondary N) is 1. The molecule has 0 bridgehead atoms. The molecule has 0 saturated heterocycles. The van der Waals surface area contributed by atoms with Crippen LogP contribution >= 0.6 is 39.0 Å². The SMILES string of the molecule is CCOc1cc(/C=N\NC(=O)CSc2nc3ccccc3s2)cc(Br)c1Oc1ccc([N+](=O)[O-])cc1[N+](=O)[O-]. The maximum absolute atomic E-state index is 12.2. The number of fused-ring (bicyclic) bond motifs is 1. The molecule has 0 atom stereocenters. The predicted molar refractivity (Wildman–Crippen MR) is 151 cm³/mol. The summed E-state index contributed by atoms with van der Waals surface area (Å²) in [4.78, 5) is 37.7. The maximum Gasteiger partial charge on any atom is 0.318 e. The lowest BCUT2D eigenvalue weighted by atomic mass is 10.2. The number of hydrogen-bond acceptors (Lipinski definition) is 11. The molecule has 1 N–H and O–H groups in total. The van der Waals surface area contributed by atoms with Crippen LogP contribution in [0.2, 0.25) is 0 Å². The quantitative estimate of drug-likeness (QED) is 0.0865. The van der Waals surface area contributed by atoms with E-state index in [4.69, 9.17) is 9.47 Å². The zero-order chi connectivity index (χ0) is 27.9. The molecule has 4 rings (SSSR count). The van der Waals surface area contributed by atoms with Crippen molar-refractivity contribution in [1.82, 2.24) is 10.4 Å². The summed E-state index contributed by atoms with van der Waals surface area (Å²) < 4.78 is 13.6. The lowest BCUT2D eigenvalue weighted by Crippen LogP contribution is -2.19. The van der Waals surface area contributed by atoms with Crippen molar-refractivity contribution in [3.8, 4) is 17.2 Å². The van der Waals surface area contributed by atoms with E-state index in [1.165, 1.54) is 29.3 Å². The fourth-order valence-electron chi connectivity index (χ4n) is 3.23. The third-order valence-corrected chi connectivity index (χ3v) is 7.67. The first-order valence-electron chi connectivity index (χ1n) is 11.1. The van der Waals surface area contributed by atoms with E-state index in [0.717, 1.165) is 32.8 Å². The third-order valence-electron chi connectivity index (χ3n) is 4.90. The maximum atomic E-state index is 12.2. The number of benzene rings is 3. The molecule has 0 fully saturated rings. The van der Waals surface area contributed by atoms with Crippen molar-refractivity contribution in [1.29, 1.82) is 0 Å². The fourth-order valence-corrected chi connectivity index (χ4v) is 5.64. The van der Waals surface area contributed by atoms with Gasteiger partial charge in [0.1, 0.15) is 0 Å². The molecule has 0 saturated carbocycles. The first-order valence-corrected chi connectivity index (χ1v) is 13.7. The van der Waals surface area contributed by atoms with Gasteiger partial charge in [0.2, 0.25) is 5.75 Å². The average Bonchev–Trinajstić information content (AvgIpc) is 3.32. The van der Waals surface area contributed by atoms with E-state index in [1.807, 2.05) is 24.3 Å². The molecule has 200 valence electrons. The van der Waals surface area contributed by atoms with Crippen LogP contribution in [-0.2, 0) is 4.79 Å². The lowest BCUT2D eigenvalue weighted by molar-refractivity contribution is -0.394. The highest BCUT2D eigenvalue weighted by atomic mass is 79.9. The van der Waals surface area contributed by atoms with Gasteiger partial charge >= 0.3 is 5.69 Å². The lowest BCUT2D eigenvalue weighted by Gasteiger charge is -2.14. The number of carbonyl (C=O) groups excluding carboxylic acids is 1. The predicted octanol–water partition coefficient (Wildman–Crippen LogP) is 6.31. The van der Waals surface area contributed by atoms with Crippen LogP contribution in [-0.4, -0.2) is 39.3 Å². The first-order chi connectivity index (χ1) is 18.7. The van der Waals surface area contributed by atoms with Gasteiger partial charge < -0.3 is 9.47 Å². The van der Waals surface area contributed by atoms with Crippen LogP contribution in [0.5, 0.6) is 17.2 Å². The summed E-state index contributed by atoms with van der Waals surface area (Å²) in [6.45, 7) is 2.00. The average molecular weight is 632 g/mol. The van der Waals surface area contributed by atoms with Crippen molar-refractivity contribution in [2.75, 3.05) is 12.4 Å². The summed E-state index contributed by atoms with van der Waals surface area (Å²) in [5.41, 5.74) is 2.87. The van der Waals surface area contributed by atoms with Gasteiger partial charge in [0.25, 0.3) is 11.6 Å². The van der Waals surface area contributed by atoms with E-state index < -0.39 is 21.2 Å². The molecule has 1 heterocycles. The Morgan fingerprint density at radius 2 is 1.95 bits per heavy atom. The van der Waals surface area contributed by atoms with E-state index >= 15 is 0 Å². The molecule has 0 radical (unpaired) electrons. The van der Waals surface area contributed by atoms with Crippen molar-refractivity contribution in [3.05, 3.63) is 84.9 Å². The Morgan fingerprint density at radius 3 is 2.67 bits per heavy atom. The smallest absolute Gasteiger partial charge is 0.318 e. The number of thiazole rings is 1. The Kier molecular flexibility index (Phi) is 9.06. The van der Waals surface area contributed by atoms with Crippen LogP contribution < -0.4 is 14.9 Å². The minimum Gasteiger partial charge on any atom is -0.490 e. The van der Waals surface area contributed by atoms with Crippen LogP contribution in [0.1, 0.15) is 12.5 Å². The van der Waals surface area contributed by atoms with Crippen molar-refractivity contribution in [2.24, 2.45) is 5.10 Å². The summed E-state index contributed by atoms with van der Waals surface area (Å²) in [6.07, 6.45) is 1.41. The Labute approximate surface area is 237 Å². The standard InChI is InChI=1S/C24H18BrN5O7S2/c1-2-36-20-10-14(12-26-28-22(31)13-38-24-27-17-5-3-4-6-21(17)39-24)9-16(25)23(20)37-19-8-7-15(29(32)33)11-18(19)30(34)35/h3-12H,2,13H2,1H3,(H,28,31)/b26-12-. The second-order valence-electron chi connectivity index (χ2n) is 7.56. The molecule has 39 heavy (non-hydrogen) atoms. The van der Waals surface area contributed by atoms with Crippen LogP contribution in [0.15, 0.2) is 68.5 Å². The number of thioether (sulfide) groups is 1. The number of rotatable bonds is 11. The van der Waals surface area contributed by atoms with Crippen LogP contribution in [0.25, 0.3) is 10.2 Å². The van der Waals surface area contributed by atoms with Crippen LogP contribution in [0.4, 0.5) is 11.4 Å². The zero-order valence-electron chi connectivity index (χ0n) is 20.0. The van der Waals surface area contributed by atoms with Crippen LogP contribution in [0.3, 0.4) is 0 Å². The summed E-state index contributed by atoms with van der Waals surface area (Å²) in [6, 6.07) is 14.0. The molecule has 4 aromatic rings. The molecule has 3 aromatic carbocycles. The fraction of sp³-hybridized carbons (Fsp3) is 0.125. The molecule has 1 aromatic heterocycles. The molecule has 0 unspecified atom stereocenters. The van der Waals surface area contributed by atoms with Gasteiger partial charge in [-0.2, -0.15) is 5.10 Å². The number of nitro groups is 2. The van der Waals surface area contributed by atoms with Gasteiger partial charge in [0.05, 0.1) is 49.2 Å². The Balaban J connectivity index is 1.45. The molecule has 15 heteroatoms. The minimum absolute atomic E-state index is 0.127. The van der Waals surface area contributed by atoms with Gasteiger partial charge in [-0.25, -0.2) is 10.4 Å². The van der Waals surface area contributed by atoms with E-state index in [9.17, 15) is 25.0 Å². The van der Waals surface area contributed by atoms with Gasteiger partial charge in [-0.1, -0.05) is 23.9 Å². The van der Waals surface area contributed by atoms with Crippen molar-refractivity contribution >= 4 is 72.7 Å². The summed E-state index contributed by atoms with van der Waals surface area (Å²) in [5, 5.41) is 26.5. The largest absolute Gasteiger partial charge is 0.490 e. The molecule has 0 aliphatic carbocycles. The summed E-state index contributed by atoms with van der Waals surface area (Å²) >= 11 is 6.19. The van der Waals surface area contributed by atoms with Gasteiger partial charge in [-0.15, -0.1) is 11.3 Å². The number of non-ortho nitro benzene ring substituents is 1. The number of amides is 1. The number of halogens is 1. The van der Waals surface area contributed by atoms with E-state index in [1.54, 1.807) is 19.1 Å². The number of ether oxygens (including phenoxy) is 2. The topological polar surface area (TPSA) is 159 Å². The minimum atomic E-state index is -0.768. The highest BCUT2D eigenvalue weighted by Crippen LogP contribution is 2.42. The second-order valence-corrected chi connectivity index (χ2v) is 10.7. The Morgan fingerprint density at radius 1 is 1.15 bits per heavy atom. The highest BCUT2D eigenvalue weighted by molar-refractivity contribution is 9.10. The molecule has 0 aliphatic heterocycles. The Bertz CT molecular complexity index is 1560. The van der Waals surface area contributed by atoms with E-state index in [2.05, 4.69) is 31.4 Å². The van der Waals surface area contributed by atoms with Crippen molar-refractivity contribution < 1.29 is 24.1 Å². The number of nitro benzene ring substituents is 2. The van der Waals surface area contributed by atoms with Gasteiger partial charge in [-0.3, -0.25) is 25.0 Å². The molecule has 0 aliphatic rings. The molecular weight excluding hydrogens is 614 g/mol. The van der Waals surface area contributed by atoms with Crippen LogP contribution in [0, 0.1) is 20.2 Å². The van der Waals surface area contributed by atoms with E-state index in [0.29, 0.717) is 10.0 Å². The van der Waals surface area contributed by atoms with Crippen molar-refractivity contribution in [3.63, 3.8) is 0 Å². The number of carbonyl (C=O) groups is 1. The molecule has 0 spiro atoms. The zero-order valence-corrected chi connectivity index (χ0v) is 23.2. The Hall–Kier alpha value is -4.08. The molecule has 1 amide bonds. The summed E-state index contributed by atoms with van der Waals surface area (Å²) in [7, 11) is 0. The monoisotopic (exact) mass is 631 g/mol. The number of hydrazone groups is 1. The van der Waals surface area contributed by atoms with Gasteiger partial charge in [0.15, 0.2) is 15.8 Å². The van der Waals surface area contributed by atoms with Gasteiger partial charge in [-0.05, 0) is 58.7 Å². The third kappa shape index (κ3) is 7.07. The number of hydrogen-bond donors (Lipinski definition) is 1. The normalized spacial score (nSPS) is 11.0. The molecule has 12 nitrogen and oxygen atoms in total. The van der Waals surface area contributed by atoms with Crippen molar-refractivity contribution in [2.45, 2.75) is 11.3 Å². The number of nitrogens with zero attached hydrogens (tertiary/aromatic N) is 4. The first kappa shape index (κ1) is 27.9. The molecular formula is C24H18BrN5O7S2. The van der Waals surface area contributed by atoms with Gasteiger partial charge in [0, 0.05) is 6.07 Å². The number of para-hydroxylation sites is 1. The number of aromatic nitrogens is 1. The highest BCUT2D eigenvalue weighted by Gasteiger charge is 2.23. The summed E-state index contributed by atoms with van der Waals surface area (Å²) in [5.74, 6) is -0.0243. The second kappa shape index (κ2) is 12.6.